The Labute approximate surface area is 136 Å². The summed E-state index contributed by atoms with van der Waals surface area (Å²) in [7, 11) is 0. The van der Waals surface area contributed by atoms with Crippen LogP contribution in [0, 0.1) is 11.7 Å². The summed E-state index contributed by atoms with van der Waals surface area (Å²) in [4.78, 5) is 2.42. The third kappa shape index (κ3) is 4.76. The zero-order valence-corrected chi connectivity index (χ0v) is 14.8. The number of piperidine rings is 1. The van der Waals surface area contributed by atoms with Gasteiger partial charge in [-0.1, -0.05) is 35.8 Å². The van der Waals surface area contributed by atoms with Crippen molar-refractivity contribution in [1.82, 2.24) is 10.2 Å². The first-order valence-electron chi connectivity index (χ1n) is 7.89. The molecule has 1 aromatic carbocycles. The molecule has 0 aliphatic carbocycles. The molecule has 0 aromatic heterocycles. The van der Waals surface area contributed by atoms with Gasteiger partial charge in [0.15, 0.2) is 0 Å². The maximum atomic E-state index is 14.1. The Bertz CT molecular complexity index is 464. The minimum absolute atomic E-state index is 0.112. The van der Waals surface area contributed by atoms with Crippen LogP contribution in [0.15, 0.2) is 22.7 Å². The first-order valence-corrected chi connectivity index (χ1v) is 8.69. The SMILES string of the molecule is CC(C)NCC1CCCN(C(C)c2ccc(Br)cc2F)C1. The second-order valence-electron chi connectivity index (χ2n) is 6.41. The molecule has 2 atom stereocenters. The summed E-state index contributed by atoms with van der Waals surface area (Å²) >= 11 is 3.32. The van der Waals surface area contributed by atoms with Crippen LogP contribution in [-0.2, 0) is 0 Å². The zero-order chi connectivity index (χ0) is 15.4. The minimum Gasteiger partial charge on any atom is -0.314 e. The highest BCUT2D eigenvalue weighted by atomic mass is 79.9. The van der Waals surface area contributed by atoms with Gasteiger partial charge < -0.3 is 5.32 Å². The van der Waals surface area contributed by atoms with Crippen molar-refractivity contribution in [3.05, 3.63) is 34.1 Å². The number of likely N-dealkylation sites (tertiary alicyclic amines) is 1. The molecular weight excluding hydrogens is 331 g/mol. The average Bonchev–Trinajstić information content (AvgIpc) is 2.45. The number of benzene rings is 1. The first kappa shape index (κ1) is 16.9. The van der Waals surface area contributed by atoms with Gasteiger partial charge in [0.2, 0.25) is 0 Å². The van der Waals surface area contributed by atoms with Crippen LogP contribution >= 0.6 is 15.9 Å². The molecule has 21 heavy (non-hydrogen) atoms. The van der Waals surface area contributed by atoms with E-state index in [0.29, 0.717) is 12.0 Å². The summed E-state index contributed by atoms with van der Waals surface area (Å²) in [5.74, 6) is 0.557. The van der Waals surface area contributed by atoms with E-state index in [1.807, 2.05) is 12.1 Å². The molecular formula is C17H26BrFN2. The topological polar surface area (TPSA) is 15.3 Å². The Morgan fingerprint density at radius 2 is 2.14 bits per heavy atom. The van der Waals surface area contributed by atoms with Crippen LogP contribution in [0.1, 0.15) is 45.2 Å². The molecule has 1 saturated heterocycles. The maximum absolute atomic E-state index is 14.1. The van der Waals surface area contributed by atoms with E-state index in [4.69, 9.17) is 0 Å². The molecule has 1 fully saturated rings. The molecule has 1 N–H and O–H groups in total. The number of hydrogen-bond donors (Lipinski definition) is 1. The van der Waals surface area contributed by atoms with Crippen molar-refractivity contribution in [2.75, 3.05) is 19.6 Å². The molecule has 118 valence electrons. The monoisotopic (exact) mass is 356 g/mol. The maximum Gasteiger partial charge on any atom is 0.129 e. The van der Waals surface area contributed by atoms with Crippen molar-refractivity contribution < 1.29 is 4.39 Å². The molecule has 1 aliphatic heterocycles. The van der Waals surface area contributed by atoms with Gasteiger partial charge in [-0.05, 0) is 50.9 Å². The van der Waals surface area contributed by atoms with Crippen molar-refractivity contribution in [2.24, 2.45) is 5.92 Å². The van der Waals surface area contributed by atoms with Crippen LogP contribution in [0.4, 0.5) is 4.39 Å². The normalized spacial score (nSPS) is 21.7. The highest BCUT2D eigenvalue weighted by molar-refractivity contribution is 9.10. The van der Waals surface area contributed by atoms with E-state index in [2.05, 4.69) is 46.9 Å². The molecule has 1 heterocycles. The van der Waals surface area contributed by atoms with Crippen LogP contribution < -0.4 is 5.32 Å². The highest BCUT2D eigenvalue weighted by Gasteiger charge is 2.25. The van der Waals surface area contributed by atoms with Crippen LogP contribution in [-0.4, -0.2) is 30.6 Å². The van der Waals surface area contributed by atoms with Crippen molar-refractivity contribution in [3.8, 4) is 0 Å². The van der Waals surface area contributed by atoms with Crippen LogP contribution in [0.3, 0.4) is 0 Å². The van der Waals surface area contributed by atoms with Gasteiger partial charge in [-0.3, -0.25) is 4.90 Å². The van der Waals surface area contributed by atoms with E-state index < -0.39 is 0 Å². The van der Waals surface area contributed by atoms with Crippen molar-refractivity contribution in [3.63, 3.8) is 0 Å². The van der Waals surface area contributed by atoms with E-state index in [0.717, 1.165) is 29.7 Å². The third-order valence-electron chi connectivity index (χ3n) is 4.33. The molecule has 0 amide bonds. The van der Waals surface area contributed by atoms with Gasteiger partial charge in [-0.15, -0.1) is 0 Å². The molecule has 1 aliphatic rings. The predicted molar refractivity (Wildman–Crippen MR) is 90.0 cm³/mol. The molecule has 0 saturated carbocycles. The second-order valence-corrected chi connectivity index (χ2v) is 7.32. The largest absolute Gasteiger partial charge is 0.314 e. The summed E-state index contributed by atoms with van der Waals surface area (Å²) in [5.41, 5.74) is 0.802. The van der Waals surface area contributed by atoms with Gasteiger partial charge in [0, 0.05) is 28.7 Å². The summed E-state index contributed by atoms with van der Waals surface area (Å²) in [6.07, 6.45) is 2.47. The van der Waals surface area contributed by atoms with Gasteiger partial charge in [0.1, 0.15) is 5.82 Å². The number of rotatable bonds is 5. The number of hydrogen-bond acceptors (Lipinski definition) is 2. The fraction of sp³-hybridized carbons (Fsp3) is 0.647. The Hall–Kier alpha value is -0.450. The number of halogens is 2. The van der Waals surface area contributed by atoms with E-state index in [-0.39, 0.29) is 11.9 Å². The fourth-order valence-corrected chi connectivity index (χ4v) is 3.39. The quantitative estimate of drug-likeness (QED) is 0.842. The third-order valence-corrected chi connectivity index (χ3v) is 4.82. The Morgan fingerprint density at radius 3 is 2.81 bits per heavy atom. The van der Waals surface area contributed by atoms with Crippen molar-refractivity contribution in [2.45, 2.75) is 45.7 Å². The minimum atomic E-state index is -0.112. The van der Waals surface area contributed by atoms with Gasteiger partial charge in [0.05, 0.1) is 0 Å². The van der Waals surface area contributed by atoms with Crippen LogP contribution in [0.5, 0.6) is 0 Å². The van der Waals surface area contributed by atoms with Gasteiger partial charge in [-0.2, -0.15) is 0 Å². The first-order chi connectivity index (χ1) is 9.97. The molecule has 2 rings (SSSR count). The molecule has 1 aromatic rings. The highest BCUT2D eigenvalue weighted by Crippen LogP contribution is 2.29. The Balaban J connectivity index is 1.99. The van der Waals surface area contributed by atoms with Crippen LogP contribution in [0.25, 0.3) is 0 Å². The Morgan fingerprint density at radius 1 is 1.38 bits per heavy atom. The number of nitrogens with one attached hydrogen (secondary N) is 1. The molecule has 4 heteroatoms. The van der Waals surface area contributed by atoms with Gasteiger partial charge in [0.25, 0.3) is 0 Å². The Kier molecular flexibility index (Phi) is 6.20. The summed E-state index contributed by atoms with van der Waals surface area (Å²) in [6.45, 7) is 9.65. The lowest BCUT2D eigenvalue weighted by Crippen LogP contribution is -2.42. The lowest BCUT2D eigenvalue weighted by Gasteiger charge is -2.37. The molecule has 2 nitrogen and oxygen atoms in total. The molecule has 0 spiro atoms. The van der Waals surface area contributed by atoms with E-state index in [9.17, 15) is 4.39 Å². The van der Waals surface area contributed by atoms with E-state index >= 15 is 0 Å². The zero-order valence-electron chi connectivity index (χ0n) is 13.2. The van der Waals surface area contributed by atoms with Crippen LogP contribution in [0.2, 0.25) is 0 Å². The molecule has 2 unspecified atom stereocenters. The summed E-state index contributed by atoms with van der Waals surface area (Å²) in [6, 6.07) is 6.06. The van der Waals surface area contributed by atoms with E-state index in [1.165, 1.54) is 12.8 Å². The van der Waals surface area contributed by atoms with Crippen molar-refractivity contribution in [1.29, 1.82) is 0 Å². The predicted octanol–water partition coefficient (Wildman–Crippen LogP) is 4.36. The summed E-state index contributed by atoms with van der Waals surface area (Å²) in [5, 5.41) is 3.53. The lowest BCUT2D eigenvalue weighted by atomic mass is 9.95. The lowest BCUT2D eigenvalue weighted by molar-refractivity contribution is 0.127. The average molecular weight is 357 g/mol. The molecule has 0 bridgehead atoms. The smallest absolute Gasteiger partial charge is 0.129 e. The standard InChI is InChI=1S/C17H26BrFN2/c1-12(2)20-10-14-5-4-8-21(11-14)13(3)16-7-6-15(18)9-17(16)19/h6-7,9,12-14,20H,4-5,8,10-11H2,1-3H3. The van der Waals surface area contributed by atoms with E-state index in [1.54, 1.807) is 6.07 Å². The number of nitrogens with zero attached hydrogens (tertiary/aromatic N) is 1. The van der Waals surface area contributed by atoms with Crippen molar-refractivity contribution >= 4 is 15.9 Å². The fourth-order valence-electron chi connectivity index (χ4n) is 3.06. The summed E-state index contributed by atoms with van der Waals surface area (Å²) < 4.78 is 14.9. The molecule has 0 radical (unpaired) electrons. The second kappa shape index (κ2) is 7.70. The van der Waals surface area contributed by atoms with Gasteiger partial charge >= 0.3 is 0 Å². The van der Waals surface area contributed by atoms with Gasteiger partial charge in [-0.25, -0.2) is 4.39 Å².